The molecule has 0 amide bonds. The quantitative estimate of drug-likeness (QED) is 0.466. The van der Waals surface area contributed by atoms with Crippen molar-refractivity contribution in [2.75, 3.05) is 0 Å². The summed E-state index contributed by atoms with van der Waals surface area (Å²) in [5, 5.41) is 27.3. The van der Waals surface area contributed by atoms with Crippen molar-refractivity contribution in [1.29, 1.82) is 0 Å². The number of carboxylic acids is 2. The normalized spacial score (nSPS) is 10.3. The molecule has 0 aromatic carbocycles. The second kappa shape index (κ2) is 10.3. The Balaban J connectivity index is -0.000000320. The summed E-state index contributed by atoms with van der Waals surface area (Å²) in [5.74, 6) is -3.43. The van der Waals surface area contributed by atoms with E-state index in [1.165, 1.54) is 0 Å². The SMILES string of the molecule is O=C([O-])C[C@@H](O)C(=O)[O-].[K+].[K+]. The molecule has 1 N–H and O–H groups in total. The molecule has 0 bridgehead atoms. The summed E-state index contributed by atoms with van der Waals surface area (Å²) in [4.78, 5) is 19.1. The van der Waals surface area contributed by atoms with Gasteiger partial charge in [-0.3, -0.25) is 0 Å². The van der Waals surface area contributed by atoms with Gasteiger partial charge in [0.25, 0.3) is 0 Å². The Labute approximate surface area is 148 Å². The van der Waals surface area contributed by atoms with Crippen LogP contribution in [0.5, 0.6) is 0 Å². The minimum Gasteiger partial charge on any atom is -0.550 e. The van der Waals surface area contributed by atoms with E-state index in [0.29, 0.717) is 0 Å². The zero-order valence-corrected chi connectivity index (χ0v) is 12.6. The van der Waals surface area contributed by atoms with Gasteiger partial charge in [-0.25, -0.2) is 0 Å². The molecule has 0 aromatic rings. The molecular weight excluding hydrogens is 206 g/mol. The maximum Gasteiger partial charge on any atom is 1.00 e. The van der Waals surface area contributed by atoms with E-state index in [4.69, 9.17) is 5.11 Å². The van der Waals surface area contributed by atoms with Crippen LogP contribution in [-0.4, -0.2) is 23.1 Å². The van der Waals surface area contributed by atoms with E-state index in [1.807, 2.05) is 0 Å². The summed E-state index contributed by atoms with van der Waals surface area (Å²) in [5.41, 5.74) is 0. The van der Waals surface area contributed by atoms with E-state index in [1.54, 1.807) is 0 Å². The van der Waals surface area contributed by atoms with Crippen molar-refractivity contribution in [2.45, 2.75) is 12.5 Å². The predicted molar refractivity (Wildman–Crippen MR) is 20.6 cm³/mol. The number of carbonyl (C=O) groups is 2. The van der Waals surface area contributed by atoms with Gasteiger partial charge in [0.15, 0.2) is 0 Å². The molecule has 0 spiro atoms. The Morgan fingerprint density at radius 2 is 1.64 bits per heavy atom. The molecule has 0 heterocycles. The molecule has 0 aliphatic rings. The van der Waals surface area contributed by atoms with Crippen molar-refractivity contribution in [3.05, 3.63) is 0 Å². The van der Waals surface area contributed by atoms with Crippen molar-refractivity contribution < 1.29 is 128 Å². The molecule has 0 aliphatic heterocycles. The monoisotopic (exact) mass is 210 g/mol. The molecule has 7 heteroatoms. The van der Waals surface area contributed by atoms with Crippen LogP contribution >= 0.6 is 0 Å². The summed E-state index contributed by atoms with van der Waals surface area (Å²) in [7, 11) is 0. The smallest absolute Gasteiger partial charge is 0.550 e. The molecule has 0 saturated heterocycles. The number of carboxylic acid groups (broad SMARTS) is 2. The number of aliphatic hydroxyl groups excluding tert-OH is 1. The minimum absolute atomic E-state index is 0. The number of rotatable bonds is 3. The van der Waals surface area contributed by atoms with Crippen molar-refractivity contribution in [3.63, 3.8) is 0 Å². The van der Waals surface area contributed by atoms with Gasteiger partial charge in [-0.15, -0.1) is 0 Å². The van der Waals surface area contributed by atoms with E-state index in [2.05, 4.69) is 0 Å². The van der Waals surface area contributed by atoms with Gasteiger partial charge in [0.2, 0.25) is 0 Å². The number of aliphatic carboxylic acids is 2. The fourth-order valence-corrected chi connectivity index (χ4v) is 0.241. The van der Waals surface area contributed by atoms with Gasteiger partial charge in [0.05, 0.1) is 12.1 Å². The zero-order valence-electron chi connectivity index (χ0n) is 6.36. The molecule has 5 nitrogen and oxygen atoms in total. The van der Waals surface area contributed by atoms with Gasteiger partial charge in [-0.05, 0) is 0 Å². The van der Waals surface area contributed by atoms with E-state index < -0.39 is 24.5 Å². The molecule has 0 fully saturated rings. The van der Waals surface area contributed by atoms with Crippen molar-refractivity contribution in [2.24, 2.45) is 0 Å². The average molecular weight is 210 g/mol. The first kappa shape index (κ1) is 18.9. The van der Waals surface area contributed by atoms with Crippen LogP contribution in [0.3, 0.4) is 0 Å². The third-order valence-corrected chi connectivity index (χ3v) is 0.632. The molecule has 0 aliphatic carbocycles. The molecule has 0 aromatic heterocycles. The van der Waals surface area contributed by atoms with E-state index >= 15 is 0 Å². The molecule has 11 heavy (non-hydrogen) atoms. The van der Waals surface area contributed by atoms with Crippen molar-refractivity contribution in [1.82, 2.24) is 0 Å². The predicted octanol–water partition coefficient (Wildman–Crippen LogP) is -9.75. The Kier molecular flexibility index (Phi) is 17.6. The van der Waals surface area contributed by atoms with Gasteiger partial charge in [0.1, 0.15) is 0 Å². The molecule has 0 radical (unpaired) electrons. The van der Waals surface area contributed by atoms with E-state index in [0.717, 1.165) is 0 Å². The maximum atomic E-state index is 9.58. The second-order valence-corrected chi connectivity index (χ2v) is 1.41. The number of hydrogen-bond donors (Lipinski definition) is 1. The molecule has 0 unspecified atom stereocenters. The third kappa shape index (κ3) is 12.2. The number of carbonyl (C=O) groups excluding carboxylic acids is 2. The first-order chi connectivity index (χ1) is 4.04. The fraction of sp³-hybridized carbons (Fsp3) is 0.500. The van der Waals surface area contributed by atoms with Crippen LogP contribution in [0.2, 0.25) is 0 Å². The first-order valence-corrected chi connectivity index (χ1v) is 2.13. The largest absolute Gasteiger partial charge is 1.00 e. The molecular formula is C4H4K2O5. The van der Waals surface area contributed by atoms with Crippen LogP contribution in [0, 0.1) is 0 Å². The molecule has 52 valence electrons. The maximum absolute atomic E-state index is 9.58. The van der Waals surface area contributed by atoms with Crippen LogP contribution in [0.25, 0.3) is 0 Å². The fourth-order valence-electron chi connectivity index (χ4n) is 0.241. The molecule has 0 saturated carbocycles. The standard InChI is InChI=1S/C4H6O5.2K/c5-2(4(8)9)1-3(6)7;;/h2,5H,1H2,(H,6,7)(H,8,9);;/q;2*+1/p-2/t2-;;/m1../s1. The second-order valence-electron chi connectivity index (χ2n) is 1.41. The number of hydrogen-bond acceptors (Lipinski definition) is 5. The third-order valence-electron chi connectivity index (χ3n) is 0.632. The van der Waals surface area contributed by atoms with Crippen LogP contribution in [0.1, 0.15) is 6.42 Å². The van der Waals surface area contributed by atoms with Gasteiger partial charge in [-0.2, -0.15) is 0 Å². The summed E-state index contributed by atoms with van der Waals surface area (Å²) >= 11 is 0. The summed E-state index contributed by atoms with van der Waals surface area (Å²) in [6, 6.07) is 0. The van der Waals surface area contributed by atoms with Gasteiger partial charge in [-0.1, -0.05) is 0 Å². The van der Waals surface area contributed by atoms with E-state index in [-0.39, 0.29) is 103 Å². The van der Waals surface area contributed by atoms with Crippen molar-refractivity contribution >= 4 is 11.9 Å². The van der Waals surface area contributed by atoms with Crippen LogP contribution in [0.15, 0.2) is 0 Å². The summed E-state index contributed by atoms with van der Waals surface area (Å²) in [6.07, 6.45) is -2.89. The molecule has 1 atom stereocenters. The number of aliphatic hydroxyl groups is 1. The Morgan fingerprint density at radius 1 is 1.27 bits per heavy atom. The molecule has 0 rings (SSSR count). The van der Waals surface area contributed by atoms with Crippen molar-refractivity contribution in [3.8, 4) is 0 Å². The Bertz CT molecular complexity index is 136. The zero-order chi connectivity index (χ0) is 7.44. The first-order valence-electron chi connectivity index (χ1n) is 2.13. The van der Waals surface area contributed by atoms with Crippen LogP contribution < -0.4 is 113 Å². The van der Waals surface area contributed by atoms with Crippen LogP contribution in [0.4, 0.5) is 0 Å². The van der Waals surface area contributed by atoms with Gasteiger partial charge >= 0.3 is 103 Å². The van der Waals surface area contributed by atoms with Crippen LogP contribution in [-0.2, 0) is 9.59 Å². The van der Waals surface area contributed by atoms with Gasteiger partial charge < -0.3 is 24.9 Å². The van der Waals surface area contributed by atoms with E-state index in [9.17, 15) is 19.8 Å². The summed E-state index contributed by atoms with van der Waals surface area (Å²) in [6.45, 7) is 0. The topological polar surface area (TPSA) is 100 Å². The Morgan fingerprint density at radius 3 is 1.73 bits per heavy atom. The minimum atomic E-state index is -1.96. The summed E-state index contributed by atoms with van der Waals surface area (Å²) < 4.78 is 0. The average Bonchev–Trinajstić information content (AvgIpc) is 1.63. The Hall–Kier alpha value is 2.17. The van der Waals surface area contributed by atoms with Gasteiger partial charge in [0, 0.05) is 12.4 Å².